The maximum absolute atomic E-state index is 12.0. The number of nitrogens with one attached hydrogen (secondary N) is 1. The number of hydrogen-bond donors (Lipinski definition) is 1. The van der Waals surface area contributed by atoms with Gasteiger partial charge in [0.05, 0.1) is 26.5 Å². The highest BCUT2D eigenvalue weighted by atomic mass is 16.5. The number of methoxy groups -OCH3 is 2. The van der Waals surface area contributed by atoms with Crippen molar-refractivity contribution in [3.63, 3.8) is 0 Å². The molecule has 0 unspecified atom stereocenters. The predicted molar refractivity (Wildman–Crippen MR) is 114 cm³/mol. The molecule has 1 heterocycles. The minimum absolute atomic E-state index is 0.00140. The normalized spacial score (nSPS) is 10.9. The summed E-state index contributed by atoms with van der Waals surface area (Å²) in [5.41, 5.74) is 3.14. The third-order valence-corrected chi connectivity index (χ3v) is 4.53. The summed E-state index contributed by atoms with van der Waals surface area (Å²) in [6.07, 6.45) is 3.36. The summed E-state index contributed by atoms with van der Waals surface area (Å²) >= 11 is 0. The molecule has 3 rings (SSSR count). The van der Waals surface area contributed by atoms with Gasteiger partial charge < -0.3 is 14.8 Å². The van der Waals surface area contributed by atoms with Crippen LogP contribution in [0.15, 0.2) is 60.3 Å². The van der Waals surface area contributed by atoms with E-state index in [0.717, 1.165) is 11.1 Å². The number of hydrogen-bond acceptors (Lipinski definition) is 5. The molecule has 0 aliphatic rings. The first-order chi connectivity index (χ1) is 14.6. The van der Waals surface area contributed by atoms with Gasteiger partial charge in [0.25, 0.3) is 5.91 Å². The van der Waals surface area contributed by atoms with Crippen LogP contribution < -0.4 is 14.8 Å². The van der Waals surface area contributed by atoms with E-state index in [4.69, 9.17) is 14.6 Å². The molecule has 0 radical (unpaired) electrons. The third-order valence-electron chi connectivity index (χ3n) is 4.53. The highest BCUT2D eigenvalue weighted by molar-refractivity contribution is 6.02. The fourth-order valence-electron chi connectivity index (χ4n) is 3.04. The first-order valence-corrected chi connectivity index (χ1v) is 9.27. The summed E-state index contributed by atoms with van der Waals surface area (Å²) in [5, 5.41) is 16.6. The Bertz CT molecular complexity index is 1110. The number of nitriles is 1. The van der Waals surface area contributed by atoms with Gasteiger partial charge >= 0.3 is 0 Å². The Balaban J connectivity index is 2.11. The van der Waals surface area contributed by atoms with E-state index >= 15 is 0 Å². The molecular formula is C23H22N4O3. The lowest BCUT2D eigenvalue weighted by Gasteiger charge is -2.09. The highest BCUT2D eigenvalue weighted by Crippen LogP contribution is 2.33. The Hall–Kier alpha value is -4.05. The minimum Gasteiger partial charge on any atom is -0.493 e. The number of ether oxygens (including phenoxy) is 2. The van der Waals surface area contributed by atoms with Crippen LogP contribution in [-0.4, -0.2) is 37.0 Å². The second-order valence-corrected chi connectivity index (χ2v) is 6.43. The van der Waals surface area contributed by atoms with E-state index in [9.17, 15) is 10.1 Å². The van der Waals surface area contributed by atoms with E-state index < -0.39 is 5.91 Å². The molecule has 0 fully saturated rings. The first-order valence-electron chi connectivity index (χ1n) is 9.27. The van der Waals surface area contributed by atoms with Gasteiger partial charge in [0.15, 0.2) is 11.5 Å². The van der Waals surface area contributed by atoms with E-state index in [2.05, 4.69) is 5.32 Å². The molecule has 1 amide bonds. The van der Waals surface area contributed by atoms with Gasteiger partial charge in [-0.25, -0.2) is 0 Å². The second-order valence-electron chi connectivity index (χ2n) is 6.43. The fraction of sp³-hybridized carbons (Fsp3) is 0.174. The van der Waals surface area contributed by atoms with Gasteiger partial charge in [-0.1, -0.05) is 30.3 Å². The average molecular weight is 402 g/mol. The molecule has 30 heavy (non-hydrogen) atoms. The van der Waals surface area contributed by atoms with Crippen LogP contribution in [0, 0.1) is 11.3 Å². The molecule has 152 valence electrons. The van der Waals surface area contributed by atoms with Gasteiger partial charge in [0, 0.05) is 24.4 Å². The van der Waals surface area contributed by atoms with Gasteiger partial charge in [0.2, 0.25) is 0 Å². The maximum Gasteiger partial charge on any atom is 0.261 e. The quantitative estimate of drug-likeness (QED) is 0.484. The molecule has 1 N–H and O–H groups in total. The monoisotopic (exact) mass is 402 g/mol. The smallest absolute Gasteiger partial charge is 0.261 e. The summed E-state index contributed by atoms with van der Waals surface area (Å²) in [5.74, 6) is 0.714. The lowest BCUT2D eigenvalue weighted by molar-refractivity contribution is -0.116. The highest BCUT2D eigenvalue weighted by Gasteiger charge is 2.16. The van der Waals surface area contributed by atoms with Crippen LogP contribution in [0.5, 0.6) is 11.5 Å². The largest absolute Gasteiger partial charge is 0.493 e. The predicted octanol–water partition coefficient (Wildman–Crippen LogP) is 3.27. The molecular weight excluding hydrogens is 380 g/mol. The van der Waals surface area contributed by atoms with Crippen molar-refractivity contribution >= 4 is 12.0 Å². The van der Waals surface area contributed by atoms with Gasteiger partial charge in [-0.3, -0.25) is 9.48 Å². The zero-order valence-corrected chi connectivity index (χ0v) is 17.0. The van der Waals surface area contributed by atoms with Crippen LogP contribution in [0.4, 0.5) is 0 Å². The van der Waals surface area contributed by atoms with Crippen LogP contribution in [0.1, 0.15) is 11.1 Å². The molecule has 0 saturated carbocycles. The van der Waals surface area contributed by atoms with Crippen molar-refractivity contribution in [2.45, 2.75) is 6.54 Å². The fourth-order valence-corrected chi connectivity index (χ4v) is 3.04. The number of aromatic nitrogens is 2. The van der Waals surface area contributed by atoms with Crippen molar-refractivity contribution in [1.82, 2.24) is 15.1 Å². The SMILES string of the molecule is CNC(=O)/C(C#N)=C/c1cn(Cc2ccccc2)nc1-c1ccc(OC)c(OC)c1. The summed E-state index contributed by atoms with van der Waals surface area (Å²) in [6.45, 7) is 0.552. The van der Waals surface area contributed by atoms with E-state index in [0.29, 0.717) is 29.3 Å². The Morgan fingerprint density at radius 3 is 2.53 bits per heavy atom. The van der Waals surface area contributed by atoms with Crippen molar-refractivity contribution in [1.29, 1.82) is 5.26 Å². The molecule has 2 aromatic carbocycles. The zero-order chi connectivity index (χ0) is 21.5. The van der Waals surface area contributed by atoms with E-state index in [1.54, 1.807) is 31.0 Å². The Kier molecular flexibility index (Phi) is 6.50. The van der Waals surface area contributed by atoms with Crippen molar-refractivity contribution in [2.75, 3.05) is 21.3 Å². The Labute approximate surface area is 175 Å². The lowest BCUT2D eigenvalue weighted by atomic mass is 10.1. The average Bonchev–Trinajstić information content (AvgIpc) is 3.19. The van der Waals surface area contributed by atoms with Crippen LogP contribution in [0.25, 0.3) is 17.3 Å². The van der Waals surface area contributed by atoms with Crippen LogP contribution in [-0.2, 0) is 11.3 Å². The number of nitrogens with zero attached hydrogens (tertiary/aromatic N) is 3. The minimum atomic E-state index is -0.452. The Morgan fingerprint density at radius 1 is 1.17 bits per heavy atom. The number of benzene rings is 2. The summed E-state index contributed by atoms with van der Waals surface area (Å²) in [4.78, 5) is 12.0. The van der Waals surface area contributed by atoms with Crippen molar-refractivity contribution < 1.29 is 14.3 Å². The van der Waals surface area contributed by atoms with Crippen molar-refractivity contribution in [3.05, 3.63) is 71.4 Å². The first kappa shape index (κ1) is 20.7. The van der Waals surface area contributed by atoms with Crippen LogP contribution in [0.2, 0.25) is 0 Å². The topological polar surface area (TPSA) is 89.2 Å². The molecule has 0 aliphatic heterocycles. The third kappa shape index (κ3) is 4.50. The van der Waals surface area contributed by atoms with Crippen LogP contribution in [0.3, 0.4) is 0 Å². The summed E-state index contributed by atoms with van der Waals surface area (Å²) < 4.78 is 12.5. The number of carbonyl (C=O) groups is 1. The zero-order valence-electron chi connectivity index (χ0n) is 17.0. The maximum atomic E-state index is 12.0. The standard InChI is InChI=1S/C23H22N4O3/c1-25-23(28)18(13-24)11-19-15-27(14-16-7-5-4-6-8-16)26-22(19)17-9-10-20(29-2)21(12-17)30-3/h4-12,15H,14H2,1-3H3,(H,25,28)/b18-11+. The molecule has 7 heteroatoms. The van der Waals surface area contributed by atoms with Crippen molar-refractivity contribution in [3.8, 4) is 28.8 Å². The van der Waals surface area contributed by atoms with Gasteiger partial charge in [0.1, 0.15) is 11.6 Å². The number of rotatable bonds is 7. The van der Waals surface area contributed by atoms with Gasteiger partial charge in [-0.15, -0.1) is 0 Å². The van der Waals surface area contributed by atoms with Gasteiger partial charge in [-0.05, 0) is 29.8 Å². The molecule has 7 nitrogen and oxygen atoms in total. The molecule has 0 atom stereocenters. The van der Waals surface area contributed by atoms with Gasteiger partial charge in [-0.2, -0.15) is 10.4 Å². The molecule has 0 bridgehead atoms. The molecule has 0 aliphatic carbocycles. The number of amides is 1. The lowest BCUT2D eigenvalue weighted by Crippen LogP contribution is -2.19. The summed E-state index contributed by atoms with van der Waals surface area (Å²) in [7, 11) is 4.63. The molecule has 3 aromatic rings. The van der Waals surface area contributed by atoms with E-state index in [-0.39, 0.29) is 5.57 Å². The number of likely N-dealkylation sites (N-methyl/N-ethyl adjacent to an activating group) is 1. The van der Waals surface area contributed by atoms with Crippen LogP contribution >= 0.6 is 0 Å². The van der Waals surface area contributed by atoms with E-state index in [1.807, 2.05) is 54.7 Å². The number of carbonyl (C=O) groups excluding carboxylic acids is 1. The Morgan fingerprint density at radius 2 is 1.90 bits per heavy atom. The molecule has 0 spiro atoms. The van der Waals surface area contributed by atoms with E-state index in [1.165, 1.54) is 7.05 Å². The molecule has 0 saturated heterocycles. The second kappa shape index (κ2) is 9.43. The summed E-state index contributed by atoms with van der Waals surface area (Å²) in [6, 6.07) is 17.3. The molecule has 1 aromatic heterocycles. The van der Waals surface area contributed by atoms with Crippen molar-refractivity contribution in [2.24, 2.45) is 0 Å².